The zero-order valence-corrected chi connectivity index (χ0v) is 15.2. The lowest BCUT2D eigenvalue weighted by Crippen LogP contribution is -2.45. The van der Waals surface area contributed by atoms with E-state index in [0.717, 1.165) is 6.42 Å². The van der Waals surface area contributed by atoms with E-state index in [1.54, 1.807) is 36.1 Å². The number of halogens is 1. The molecule has 7 heteroatoms. The van der Waals surface area contributed by atoms with E-state index in [1.807, 2.05) is 6.92 Å². The maximum absolute atomic E-state index is 14.3. The van der Waals surface area contributed by atoms with Crippen LogP contribution in [0.2, 0.25) is 0 Å². The Hall–Kier alpha value is -2.80. The van der Waals surface area contributed by atoms with Crippen LogP contribution in [0.3, 0.4) is 0 Å². The number of pyridine rings is 1. The predicted molar refractivity (Wildman–Crippen MR) is 97.9 cm³/mol. The van der Waals surface area contributed by atoms with Gasteiger partial charge in [0.15, 0.2) is 0 Å². The maximum Gasteiger partial charge on any atom is 0.259 e. The number of fused-ring (bicyclic) bond motifs is 1. The molecule has 0 spiro atoms. The molecule has 1 aliphatic rings. The van der Waals surface area contributed by atoms with Crippen LogP contribution < -0.4 is 0 Å². The zero-order valence-electron chi connectivity index (χ0n) is 15.2. The standard InChI is InChI=1S/C20H20FN3O3/c1-3-13-11-24(8-9-26-13)20(25)15-10-17(14-6-4-5-7-16(14)21)22-19-18(15)12(2)23-27-19/h4-7,10,13H,3,8-9,11H2,1-2H3/t13-/m1/s1. The van der Waals surface area contributed by atoms with Crippen molar-refractivity contribution in [1.29, 1.82) is 0 Å². The Morgan fingerprint density at radius 1 is 1.37 bits per heavy atom. The molecule has 0 bridgehead atoms. The molecule has 0 N–H and O–H groups in total. The minimum atomic E-state index is -0.406. The van der Waals surface area contributed by atoms with Crippen LogP contribution in [-0.2, 0) is 4.74 Å². The van der Waals surface area contributed by atoms with Gasteiger partial charge in [0.25, 0.3) is 11.6 Å². The normalized spacial score (nSPS) is 17.4. The minimum absolute atomic E-state index is 0.0228. The van der Waals surface area contributed by atoms with E-state index in [1.165, 1.54) is 6.07 Å². The Morgan fingerprint density at radius 3 is 2.96 bits per heavy atom. The monoisotopic (exact) mass is 369 g/mol. The van der Waals surface area contributed by atoms with Gasteiger partial charge in [0.2, 0.25) is 0 Å². The molecule has 140 valence electrons. The lowest BCUT2D eigenvalue weighted by Gasteiger charge is -2.32. The summed E-state index contributed by atoms with van der Waals surface area (Å²) in [6.07, 6.45) is 0.858. The first-order valence-corrected chi connectivity index (χ1v) is 9.01. The first-order valence-electron chi connectivity index (χ1n) is 9.01. The Balaban J connectivity index is 1.82. The lowest BCUT2D eigenvalue weighted by molar-refractivity contribution is -0.0225. The molecule has 27 heavy (non-hydrogen) atoms. The molecule has 6 nitrogen and oxygen atoms in total. The van der Waals surface area contributed by atoms with Crippen molar-refractivity contribution in [3.05, 3.63) is 47.4 Å². The van der Waals surface area contributed by atoms with Crippen LogP contribution in [0.5, 0.6) is 0 Å². The van der Waals surface area contributed by atoms with Crippen molar-refractivity contribution in [3.63, 3.8) is 0 Å². The highest BCUT2D eigenvalue weighted by Gasteiger charge is 2.28. The molecular formula is C20H20FN3O3. The van der Waals surface area contributed by atoms with E-state index in [-0.39, 0.29) is 17.7 Å². The van der Waals surface area contributed by atoms with E-state index in [0.29, 0.717) is 47.6 Å². The Kier molecular flexibility index (Phi) is 4.61. The number of nitrogens with zero attached hydrogens (tertiary/aromatic N) is 3. The van der Waals surface area contributed by atoms with Crippen molar-refractivity contribution in [2.75, 3.05) is 19.7 Å². The van der Waals surface area contributed by atoms with Crippen LogP contribution in [0.15, 0.2) is 34.9 Å². The van der Waals surface area contributed by atoms with Crippen LogP contribution in [0, 0.1) is 12.7 Å². The molecule has 3 aromatic rings. The molecule has 1 atom stereocenters. The maximum atomic E-state index is 14.3. The van der Waals surface area contributed by atoms with Gasteiger partial charge < -0.3 is 14.2 Å². The van der Waals surface area contributed by atoms with Crippen molar-refractivity contribution in [3.8, 4) is 11.3 Å². The van der Waals surface area contributed by atoms with Gasteiger partial charge in [-0.1, -0.05) is 24.2 Å². The van der Waals surface area contributed by atoms with E-state index < -0.39 is 5.82 Å². The third-order valence-electron chi connectivity index (χ3n) is 4.88. The molecule has 3 heterocycles. The van der Waals surface area contributed by atoms with Crippen molar-refractivity contribution < 1.29 is 18.4 Å². The Bertz CT molecular complexity index is 1000. The molecule has 0 radical (unpaired) electrons. The second-order valence-electron chi connectivity index (χ2n) is 6.64. The molecule has 0 saturated carbocycles. The highest BCUT2D eigenvalue weighted by atomic mass is 19.1. The largest absolute Gasteiger partial charge is 0.375 e. The summed E-state index contributed by atoms with van der Waals surface area (Å²) in [5.41, 5.74) is 1.91. The third-order valence-corrected chi connectivity index (χ3v) is 4.88. The molecule has 0 aliphatic carbocycles. The molecule has 1 saturated heterocycles. The molecule has 1 aliphatic heterocycles. The van der Waals surface area contributed by atoms with E-state index >= 15 is 0 Å². The van der Waals surface area contributed by atoms with Crippen LogP contribution >= 0.6 is 0 Å². The van der Waals surface area contributed by atoms with Gasteiger partial charge in [0.05, 0.1) is 35.0 Å². The van der Waals surface area contributed by atoms with Crippen molar-refractivity contribution in [2.45, 2.75) is 26.4 Å². The van der Waals surface area contributed by atoms with Crippen LogP contribution in [0.4, 0.5) is 4.39 Å². The summed E-state index contributed by atoms with van der Waals surface area (Å²) >= 11 is 0. The summed E-state index contributed by atoms with van der Waals surface area (Å²) in [6, 6.07) is 7.96. The van der Waals surface area contributed by atoms with Gasteiger partial charge in [-0.05, 0) is 31.5 Å². The predicted octanol–water partition coefficient (Wildman–Crippen LogP) is 3.59. The van der Waals surface area contributed by atoms with E-state index in [4.69, 9.17) is 9.26 Å². The zero-order chi connectivity index (χ0) is 19.0. The van der Waals surface area contributed by atoms with Gasteiger partial charge in [-0.25, -0.2) is 9.37 Å². The molecule has 4 rings (SSSR count). The fraction of sp³-hybridized carbons (Fsp3) is 0.350. The first kappa shape index (κ1) is 17.6. The quantitative estimate of drug-likeness (QED) is 0.706. The molecule has 1 aromatic carbocycles. The van der Waals surface area contributed by atoms with Gasteiger partial charge in [-0.3, -0.25) is 4.79 Å². The number of hydrogen-bond acceptors (Lipinski definition) is 5. The fourth-order valence-electron chi connectivity index (χ4n) is 3.39. The number of ether oxygens (including phenoxy) is 1. The van der Waals surface area contributed by atoms with Gasteiger partial charge in [-0.15, -0.1) is 0 Å². The third kappa shape index (κ3) is 3.19. The van der Waals surface area contributed by atoms with Crippen molar-refractivity contribution >= 4 is 17.0 Å². The molecule has 2 aromatic heterocycles. The van der Waals surface area contributed by atoms with Gasteiger partial charge >= 0.3 is 0 Å². The smallest absolute Gasteiger partial charge is 0.259 e. The average molecular weight is 369 g/mol. The average Bonchev–Trinajstić information content (AvgIpc) is 3.08. The summed E-state index contributed by atoms with van der Waals surface area (Å²) in [5, 5.41) is 4.51. The number of carbonyl (C=O) groups excluding carboxylic acids is 1. The molecule has 1 amide bonds. The minimum Gasteiger partial charge on any atom is -0.375 e. The van der Waals surface area contributed by atoms with Crippen LogP contribution in [0.25, 0.3) is 22.4 Å². The van der Waals surface area contributed by atoms with Gasteiger partial charge in [0.1, 0.15) is 5.82 Å². The highest BCUT2D eigenvalue weighted by molar-refractivity contribution is 6.07. The van der Waals surface area contributed by atoms with Crippen molar-refractivity contribution in [1.82, 2.24) is 15.0 Å². The molecule has 1 fully saturated rings. The summed E-state index contributed by atoms with van der Waals surface area (Å²) < 4.78 is 25.2. The first-order chi connectivity index (χ1) is 13.1. The molecular weight excluding hydrogens is 349 g/mol. The van der Waals surface area contributed by atoms with Gasteiger partial charge in [-0.2, -0.15) is 0 Å². The number of carbonyl (C=O) groups is 1. The Labute approximate surface area is 155 Å². The van der Waals surface area contributed by atoms with Crippen LogP contribution in [-0.4, -0.2) is 46.7 Å². The fourth-order valence-corrected chi connectivity index (χ4v) is 3.39. The number of morpholine rings is 1. The Morgan fingerprint density at radius 2 is 2.19 bits per heavy atom. The second kappa shape index (κ2) is 7.08. The van der Waals surface area contributed by atoms with Crippen molar-refractivity contribution in [2.24, 2.45) is 0 Å². The summed E-state index contributed by atoms with van der Waals surface area (Å²) in [6.45, 7) is 5.34. The number of aryl methyl sites for hydroxylation is 1. The number of rotatable bonds is 3. The second-order valence-corrected chi connectivity index (χ2v) is 6.64. The number of hydrogen-bond donors (Lipinski definition) is 0. The van der Waals surface area contributed by atoms with Gasteiger partial charge in [0, 0.05) is 18.7 Å². The number of aromatic nitrogens is 2. The SMILES string of the molecule is CC[C@@H]1CN(C(=O)c2cc(-c3ccccc3F)nc3onc(C)c23)CCO1. The highest BCUT2D eigenvalue weighted by Crippen LogP contribution is 2.29. The molecule has 0 unspecified atom stereocenters. The van der Waals surface area contributed by atoms with Crippen LogP contribution in [0.1, 0.15) is 29.4 Å². The lowest BCUT2D eigenvalue weighted by atomic mass is 10.0. The topological polar surface area (TPSA) is 68.5 Å². The summed E-state index contributed by atoms with van der Waals surface area (Å²) in [7, 11) is 0. The van der Waals surface area contributed by atoms with E-state index in [9.17, 15) is 9.18 Å². The number of benzene rings is 1. The van der Waals surface area contributed by atoms with E-state index in [2.05, 4.69) is 10.1 Å². The number of amides is 1. The summed E-state index contributed by atoms with van der Waals surface area (Å²) in [5.74, 6) is -0.551. The summed E-state index contributed by atoms with van der Waals surface area (Å²) in [4.78, 5) is 19.4.